The van der Waals surface area contributed by atoms with E-state index in [-0.39, 0.29) is 11.8 Å². The van der Waals surface area contributed by atoms with Crippen molar-refractivity contribution in [3.8, 4) is 0 Å². The molecule has 2 rings (SSSR count). The number of anilines is 1. The third kappa shape index (κ3) is 2.56. The maximum atomic E-state index is 12.4. The van der Waals surface area contributed by atoms with Gasteiger partial charge < -0.3 is 10.2 Å². The SMILES string of the molecule is CCc1ccc(N(C)C(=O)C2CNCC2C)cc1. The van der Waals surface area contributed by atoms with Gasteiger partial charge in [-0.1, -0.05) is 26.0 Å². The number of benzene rings is 1. The van der Waals surface area contributed by atoms with E-state index in [1.165, 1.54) is 5.56 Å². The molecule has 0 saturated carbocycles. The zero-order valence-corrected chi connectivity index (χ0v) is 11.4. The predicted molar refractivity (Wildman–Crippen MR) is 74.8 cm³/mol. The Balaban J connectivity index is 2.09. The lowest BCUT2D eigenvalue weighted by Crippen LogP contribution is -2.36. The number of hydrogen-bond donors (Lipinski definition) is 1. The summed E-state index contributed by atoms with van der Waals surface area (Å²) in [5.74, 6) is 0.757. The molecule has 3 heteroatoms. The highest BCUT2D eigenvalue weighted by atomic mass is 16.2. The average Bonchev–Trinajstić information content (AvgIpc) is 2.83. The molecule has 1 saturated heterocycles. The minimum Gasteiger partial charge on any atom is -0.316 e. The van der Waals surface area contributed by atoms with Crippen molar-refractivity contribution in [1.82, 2.24) is 5.32 Å². The van der Waals surface area contributed by atoms with E-state index >= 15 is 0 Å². The molecule has 1 aliphatic heterocycles. The molecule has 0 radical (unpaired) electrons. The largest absolute Gasteiger partial charge is 0.316 e. The molecule has 1 heterocycles. The zero-order chi connectivity index (χ0) is 13.1. The topological polar surface area (TPSA) is 32.3 Å². The highest BCUT2D eigenvalue weighted by Crippen LogP contribution is 2.22. The van der Waals surface area contributed by atoms with E-state index in [1.54, 1.807) is 4.90 Å². The summed E-state index contributed by atoms with van der Waals surface area (Å²) in [6.07, 6.45) is 1.03. The molecule has 1 aromatic carbocycles. The molecule has 98 valence electrons. The predicted octanol–water partition coefficient (Wildman–Crippen LogP) is 2.07. The molecule has 0 aromatic heterocycles. The Morgan fingerprint density at radius 2 is 2.00 bits per heavy atom. The second-order valence-electron chi connectivity index (χ2n) is 5.16. The third-order valence-electron chi connectivity index (χ3n) is 3.90. The minimum absolute atomic E-state index is 0.112. The summed E-state index contributed by atoms with van der Waals surface area (Å²) in [6.45, 7) is 6.02. The summed E-state index contributed by atoms with van der Waals surface area (Å²) in [4.78, 5) is 14.2. The van der Waals surface area contributed by atoms with Crippen molar-refractivity contribution in [1.29, 1.82) is 0 Å². The van der Waals surface area contributed by atoms with Crippen molar-refractivity contribution >= 4 is 11.6 Å². The molecule has 2 atom stereocenters. The van der Waals surface area contributed by atoms with Crippen LogP contribution in [-0.2, 0) is 11.2 Å². The molecule has 0 bridgehead atoms. The molecule has 1 fully saturated rings. The lowest BCUT2D eigenvalue weighted by molar-refractivity contribution is -0.122. The number of carbonyl (C=O) groups excluding carboxylic acids is 1. The molecule has 1 aliphatic rings. The van der Waals surface area contributed by atoms with Crippen LogP contribution in [0, 0.1) is 11.8 Å². The summed E-state index contributed by atoms with van der Waals surface area (Å²) >= 11 is 0. The summed E-state index contributed by atoms with van der Waals surface area (Å²) < 4.78 is 0. The van der Waals surface area contributed by atoms with Crippen LogP contribution in [0.2, 0.25) is 0 Å². The van der Waals surface area contributed by atoms with Crippen LogP contribution in [0.4, 0.5) is 5.69 Å². The molecule has 0 aliphatic carbocycles. The molecular formula is C15H22N2O. The van der Waals surface area contributed by atoms with Gasteiger partial charge in [-0.15, -0.1) is 0 Å². The van der Waals surface area contributed by atoms with Crippen LogP contribution in [0.3, 0.4) is 0 Å². The standard InChI is InChI=1S/C15H22N2O/c1-4-12-5-7-13(8-6-12)17(3)15(18)14-10-16-9-11(14)2/h5-8,11,14,16H,4,9-10H2,1-3H3. The number of carbonyl (C=O) groups is 1. The van der Waals surface area contributed by atoms with Crippen LogP contribution in [0.15, 0.2) is 24.3 Å². The van der Waals surface area contributed by atoms with E-state index in [1.807, 2.05) is 19.2 Å². The van der Waals surface area contributed by atoms with Gasteiger partial charge in [-0.25, -0.2) is 0 Å². The first-order chi connectivity index (χ1) is 8.63. The van der Waals surface area contributed by atoms with Gasteiger partial charge in [-0.3, -0.25) is 4.79 Å². The molecule has 1 aromatic rings. The Labute approximate surface area is 109 Å². The van der Waals surface area contributed by atoms with Crippen molar-refractivity contribution in [2.45, 2.75) is 20.3 Å². The second kappa shape index (κ2) is 5.53. The molecule has 1 amide bonds. The fourth-order valence-electron chi connectivity index (χ4n) is 2.47. The summed E-state index contributed by atoms with van der Waals surface area (Å²) in [5.41, 5.74) is 2.28. The third-order valence-corrected chi connectivity index (χ3v) is 3.90. The van der Waals surface area contributed by atoms with Gasteiger partial charge in [0.25, 0.3) is 0 Å². The molecule has 2 unspecified atom stereocenters. The average molecular weight is 246 g/mol. The maximum absolute atomic E-state index is 12.4. The van der Waals surface area contributed by atoms with Crippen LogP contribution < -0.4 is 10.2 Å². The van der Waals surface area contributed by atoms with E-state index in [2.05, 4.69) is 31.3 Å². The number of hydrogen-bond acceptors (Lipinski definition) is 2. The van der Waals surface area contributed by atoms with Crippen molar-refractivity contribution in [3.63, 3.8) is 0 Å². The normalized spacial score (nSPS) is 23.1. The van der Waals surface area contributed by atoms with E-state index in [0.29, 0.717) is 5.92 Å². The zero-order valence-electron chi connectivity index (χ0n) is 11.4. The number of nitrogens with zero attached hydrogens (tertiary/aromatic N) is 1. The van der Waals surface area contributed by atoms with Gasteiger partial charge >= 0.3 is 0 Å². The van der Waals surface area contributed by atoms with Crippen LogP contribution in [0.5, 0.6) is 0 Å². The monoisotopic (exact) mass is 246 g/mol. The van der Waals surface area contributed by atoms with E-state index in [9.17, 15) is 4.79 Å². The van der Waals surface area contributed by atoms with Crippen LogP contribution in [0.25, 0.3) is 0 Å². The molecule has 18 heavy (non-hydrogen) atoms. The first kappa shape index (κ1) is 13.1. The Morgan fingerprint density at radius 1 is 1.33 bits per heavy atom. The van der Waals surface area contributed by atoms with Gasteiger partial charge in [0.15, 0.2) is 0 Å². The quantitative estimate of drug-likeness (QED) is 0.885. The lowest BCUT2D eigenvalue weighted by atomic mass is 9.96. The molecule has 3 nitrogen and oxygen atoms in total. The van der Waals surface area contributed by atoms with Gasteiger partial charge in [-0.05, 0) is 36.6 Å². The number of aryl methyl sites for hydroxylation is 1. The van der Waals surface area contributed by atoms with Crippen molar-refractivity contribution in [3.05, 3.63) is 29.8 Å². The fraction of sp³-hybridized carbons (Fsp3) is 0.533. The molecular weight excluding hydrogens is 224 g/mol. The first-order valence-electron chi connectivity index (χ1n) is 6.70. The number of amides is 1. The van der Waals surface area contributed by atoms with Gasteiger partial charge in [0.05, 0.1) is 5.92 Å². The summed E-state index contributed by atoms with van der Waals surface area (Å²) in [5, 5.41) is 3.28. The molecule has 0 spiro atoms. The Hall–Kier alpha value is -1.35. The fourth-order valence-corrected chi connectivity index (χ4v) is 2.47. The van der Waals surface area contributed by atoms with Gasteiger partial charge in [0.2, 0.25) is 5.91 Å². The van der Waals surface area contributed by atoms with Crippen molar-refractivity contribution < 1.29 is 4.79 Å². The van der Waals surface area contributed by atoms with Gasteiger partial charge in [-0.2, -0.15) is 0 Å². The lowest BCUT2D eigenvalue weighted by Gasteiger charge is -2.23. The van der Waals surface area contributed by atoms with Gasteiger partial charge in [0, 0.05) is 19.3 Å². The Kier molecular flexibility index (Phi) is 4.02. The highest BCUT2D eigenvalue weighted by Gasteiger charge is 2.31. The highest BCUT2D eigenvalue weighted by molar-refractivity contribution is 5.95. The van der Waals surface area contributed by atoms with Crippen LogP contribution >= 0.6 is 0 Å². The smallest absolute Gasteiger partial charge is 0.231 e. The number of rotatable bonds is 3. The maximum Gasteiger partial charge on any atom is 0.231 e. The van der Waals surface area contributed by atoms with Crippen molar-refractivity contribution in [2.24, 2.45) is 11.8 Å². The van der Waals surface area contributed by atoms with E-state index < -0.39 is 0 Å². The summed E-state index contributed by atoms with van der Waals surface area (Å²) in [6, 6.07) is 8.25. The summed E-state index contributed by atoms with van der Waals surface area (Å²) in [7, 11) is 1.87. The number of nitrogens with one attached hydrogen (secondary N) is 1. The van der Waals surface area contributed by atoms with E-state index in [0.717, 1.165) is 25.2 Å². The van der Waals surface area contributed by atoms with Crippen LogP contribution in [0.1, 0.15) is 19.4 Å². The van der Waals surface area contributed by atoms with E-state index in [4.69, 9.17) is 0 Å². The second-order valence-corrected chi connectivity index (χ2v) is 5.16. The van der Waals surface area contributed by atoms with Crippen LogP contribution in [-0.4, -0.2) is 26.0 Å². The minimum atomic E-state index is 0.112. The first-order valence-corrected chi connectivity index (χ1v) is 6.70. The van der Waals surface area contributed by atoms with Crippen molar-refractivity contribution in [2.75, 3.05) is 25.0 Å². The molecule has 1 N–H and O–H groups in total. The van der Waals surface area contributed by atoms with Gasteiger partial charge in [0.1, 0.15) is 0 Å². The Morgan fingerprint density at radius 3 is 2.50 bits per heavy atom. The Bertz CT molecular complexity index is 413.